The fourth-order valence-electron chi connectivity index (χ4n) is 4.50. The standard InChI is InChI=1S/C29H35N3O6S2/c1-29(2,3)38-28(34)30-31(4)27(33)26-17-24(39-19-20-10-13-23(37-5)14-11-20)18-32(26)40(35,36)25-15-12-21-8-6-7-9-22(21)16-25/h6-16,24,26H,17-19H2,1-5H3,(H,30,34). The molecule has 2 unspecified atom stereocenters. The molecule has 3 aromatic carbocycles. The summed E-state index contributed by atoms with van der Waals surface area (Å²) in [6.07, 6.45) is -0.497. The van der Waals surface area contributed by atoms with Gasteiger partial charge >= 0.3 is 6.09 Å². The van der Waals surface area contributed by atoms with Gasteiger partial charge in [-0.3, -0.25) is 9.80 Å². The van der Waals surface area contributed by atoms with Gasteiger partial charge in [-0.05, 0) is 67.8 Å². The largest absolute Gasteiger partial charge is 0.497 e. The van der Waals surface area contributed by atoms with Crippen LogP contribution in [0.4, 0.5) is 4.79 Å². The van der Waals surface area contributed by atoms with Crippen molar-refractivity contribution < 1.29 is 27.5 Å². The average molecular weight is 586 g/mol. The van der Waals surface area contributed by atoms with E-state index in [0.29, 0.717) is 12.2 Å². The number of hydrogen-bond donors (Lipinski definition) is 1. The summed E-state index contributed by atoms with van der Waals surface area (Å²) in [6.45, 7) is 5.31. The number of nitrogens with zero attached hydrogens (tertiary/aromatic N) is 2. The molecule has 1 saturated heterocycles. The lowest BCUT2D eigenvalue weighted by atomic mass is 10.1. The first kappa shape index (κ1) is 29.7. The maximum atomic E-state index is 13.9. The van der Waals surface area contributed by atoms with Crippen molar-refractivity contribution >= 4 is 44.6 Å². The van der Waals surface area contributed by atoms with Crippen LogP contribution in [0.3, 0.4) is 0 Å². The van der Waals surface area contributed by atoms with Crippen LogP contribution < -0.4 is 10.2 Å². The summed E-state index contributed by atoms with van der Waals surface area (Å²) < 4.78 is 39.6. The highest BCUT2D eigenvalue weighted by Gasteiger charge is 2.45. The third kappa shape index (κ3) is 7.07. The number of methoxy groups -OCH3 is 1. The zero-order valence-electron chi connectivity index (χ0n) is 23.3. The van der Waals surface area contributed by atoms with Crippen LogP contribution in [-0.4, -0.2) is 67.3 Å². The van der Waals surface area contributed by atoms with Crippen molar-refractivity contribution in [2.24, 2.45) is 0 Å². The second-order valence-corrected chi connectivity index (χ2v) is 13.8. The van der Waals surface area contributed by atoms with E-state index in [1.54, 1.807) is 57.8 Å². The van der Waals surface area contributed by atoms with Crippen molar-refractivity contribution in [1.82, 2.24) is 14.7 Å². The summed E-state index contributed by atoms with van der Waals surface area (Å²) in [5.74, 6) is 0.863. The number of thioether (sulfide) groups is 1. The van der Waals surface area contributed by atoms with Crippen LogP contribution in [0.5, 0.6) is 5.75 Å². The summed E-state index contributed by atoms with van der Waals surface area (Å²) in [5.41, 5.74) is 2.72. The number of fused-ring (bicyclic) bond motifs is 1. The van der Waals surface area contributed by atoms with Crippen LogP contribution in [0, 0.1) is 0 Å². The maximum Gasteiger partial charge on any atom is 0.426 e. The van der Waals surface area contributed by atoms with Crippen molar-refractivity contribution in [2.45, 2.75) is 54.7 Å². The van der Waals surface area contributed by atoms with Gasteiger partial charge in [-0.2, -0.15) is 16.1 Å². The number of amides is 2. The number of ether oxygens (including phenoxy) is 2. The van der Waals surface area contributed by atoms with Crippen molar-refractivity contribution in [3.63, 3.8) is 0 Å². The Labute approximate surface area is 239 Å². The monoisotopic (exact) mass is 585 g/mol. The molecule has 4 rings (SSSR count). The summed E-state index contributed by atoms with van der Waals surface area (Å²) in [4.78, 5) is 26.0. The number of benzene rings is 3. The predicted molar refractivity (Wildman–Crippen MR) is 156 cm³/mol. The number of carbonyl (C=O) groups excluding carboxylic acids is 2. The fraction of sp³-hybridized carbons (Fsp3) is 0.379. The molecule has 1 N–H and O–H groups in total. The van der Waals surface area contributed by atoms with Gasteiger partial charge in [0.05, 0.1) is 12.0 Å². The molecule has 0 saturated carbocycles. The zero-order chi connectivity index (χ0) is 29.1. The number of nitrogens with one attached hydrogen (secondary N) is 1. The first-order chi connectivity index (χ1) is 18.9. The van der Waals surface area contributed by atoms with Crippen LogP contribution >= 0.6 is 11.8 Å². The molecular weight excluding hydrogens is 550 g/mol. The minimum Gasteiger partial charge on any atom is -0.497 e. The first-order valence-corrected chi connectivity index (χ1v) is 15.4. The molecule has 40 heavy (non-hydrogen) atoms. The molecule has 1 heterocycles. The maximum absolute atomic E-state index is 13.9. The quantitative estimate of drug-likeness (QED) is 0.397. The first-order valence-electron chi connectivity index (χ1n) is 12.9. The lowest BCUT2D eigenvalue weighted by Gasteiger charge is -2.28. The lowest BCUT2D eigenvalue weighted by Crippen LogP contribution is -2.53. The summed E-state index contributed by atoms with van der Waals surface area (Å²) >= 11 is 1.59. The number of hydrazine groups is 1. The molecule has 2 atom stereocenters. The van der Waals surface area contributed by atoms with Gasteiger partial charge in [0.15, 0.2) is 0 Å². The Balaban J connectivity index is 1.57. The van der Waals surface area contributed by atoms with Gasteiger partial charge in [-0.1, -0.05) is 42.5 Å². The van der Waals surface area contributed by atoms with E-state index in [1.165, 1.54) is 11.4 Å². The zero-order valence-corrected chi connectivity index (χ0v) is 24.9. The van der Waals surface area contributed by atoms with Gasteiger partial charge < -0.3 is 9.47 Å². The summed E-state index contributed by atoms with van der Waals surface area (Å²) in [5, 5.41) is 2.59. The van der Waals surface area contributed by atoms with E-state index in [2.05, 4.69) is 5.43 Å². The minimum atomic E-state index is -4.03. The van der Waals surface area contributed by atoms with Gasteiger partial charge in [-0.15, -0.1) is 0 Å². The normalized spacial score (nSPS) is 17.9. The van der Waals surface area contributed by atoms with Crippen LogP contribution in [0.25, 0.3) is 10.8 Å². The Morgan fingerprint density at radius 2 is 1.73 bits per heavy atom. The molecule has 1 fully saturated rings. The van der Waals surface area contributed by atoms with Gasteiger partial charge in [0.1, 0.15) is 17.4 Å². The molecule has 3 aromatic rings. The van der Waals surface area contributed by atoms with Gasteiger partial charge in [0, 0.05) is 24.6 Å². The number of likely N-dealkylation sites (N-methyl/N-ethyl adjacent to an activating group) is 1. The molecule has 1 aliphatic rings. The van der Waals surface area contributed by atoms with E-state index in [-0.39, 0.29) is 16.7 Å². The summed E-state index contributed by atoms with van der Waals surface area (Å²) in [6, 6.07) is 19.2. The minimum absolute atomic E-state index is 0.118. The van der Waals surface area contributed by atoms with Crippen LogP contribution in [-0.2, 0) is 25.3 Å². The third-order valence-electron chi connectivity index (χ3n) is 6.46. The molecule has 1 aliphatic heterocycles. The predicted octanol–water partition coefficient (Wildman–Crippen LogP) is 4.81. The second kappa shape index (κ2) is 12.1. The average Bonchev–Trinajstić information content (AvgIpc) is 3.35. The Morgan fingerprint density at radius 1 is 1.05 bits per heavy atom. The van der Waals surface area contributed by atoms with Crippen LogP contribution in [0.1, 0.15) is 32.8 Å². The van der Waals surface area contributed by atoms with Gasteiger partial charge in [-0.25, -0.2) is 18.6 Å². The van der Waals surface area contributed by atoms with E-state index in [0.717, 1.165) is 27.1 Å². The molecule has 2 amide bonds. The lowest BCUT2D eigenvalue weighted by molar-refractivity contribution is -0.136. The van der Waals surface area contributed by atoms with Crippen LogP contribution in [0.2, 0.25) is 0 Å². The van der Waals surface area contributed by atoms with Crippen molar-refractivity contribution in [2.75, 3.05) is 20.7 Å². The molecule has 0 spiro atoms. The van der Waals surface area contributed by atoms with Crippen molar-refractivity contribution in [3.05, 3.63) is 72.3 Å². The Morgan fingerprint density at radius 3 is 2.38 bits per heavy atom. The molecule has 0 radical (unpaired) electrons. The molecule has 0 bridgehead atoms. The Bertz CT molecular complexity index is 1470. The number of rotatable bonds is 7. The highest BCUT2D eigenvalue weighted by molar-refractivity contribution is 7.99. The third-order valence-corrected chi connectivity index (χ3v) is 9.65. The fourth-order valence-corrected chi connectivity index (χ4v) is 7.47. The van der Waals surface area contributed by atoms with Gasteiger partial charge in [0.25, 0.3) is 5.91 Å². The van der Waals surface area contributed by atoms with Crippen molar-refractivity contribution in [3.8, 4) is 5.75 Å². The molecule has 9 nitrogen and oxygen atoms in total. The molecule has 11 heteroatoms. The smallest absolute Gasteiger partial charge is 0.426 e. The Kier molecular flexibility index (Phi) is 8.96. The van der Waals surface area contributed by atoms with E-state index in [9.17, 15) is 18.0 Å². The highest BCUT2D eigenvalue weighted by atomic mass is 32.2. The molecule has 0 aliphatic carbocycles. The molecular formula is C29H35N3O6S2. The van der Waals surface area contributed by atoms with Gasteiger partial charge in [0.2, 0.25) is 10.0 Å². The SMILES string of the molecule is COc1ccc(CSC2CC(C(=O)N(C)NC(=O)OC(C)(C)C)N(S(=O)(=O)c3ccc4ccccc4c3)C2)cc1. The summed E-state index contributed by atoms with van der Waals surface area (Å²) in [7, 11) is -1.02. The molecule has 0 aromatic heterocycles. The molecule has 214 valence electrons. The van der Waals surface area contributed by atoms with E-state index in [1.807, 2.05) is 48.5 Å². The number of hydrogen-bond acceptors (Lipinski definition) is 7. The van der Waals surface area contributed by atoms with Crippen molar-refractivity contribution in [1.29, 1.82) is 0 Å². The second-order valence-electron chi connectivity index (χ2n) is 10.6. The topological polar surface area (TPSA) is 105 Å². The van der Waals surface area contributed by atoms with Crippen LogP contribution in [0.15, 0.2) is 71.6 Å². The highest BCUT2D eigenvalue weighted by Crippen LogP contribution is 2.35. The number of carbonyl (C=O) groups is 2. The number of sulfonamides is 1. The Hall–Kier alpha value is -3.28. The van der Waals surface area contributed by atoms with E-state index in [4.69, 9.17) is 9.47 Å². The van der Waals surface area contributed by atoms with E-state index >= 15 is 0 Å². The van der Waals surface area contributed by atoms with E-state index < -0.39 is 33.7 Å².